The van der Waals surface area contributed by atoms with E-state index in [1.54, 1.807) is 42.8 Å². The molecule has 0 spiro atoms. The third-order valence-corrected chi connectivity index (χ3v) is 5.09. The Morgan fingerprint density at radius 1 is 1.29 bits per heavy atom. The molecule has 0 unspecified atom stereocenters. The van der Waals surface area contributed by atoms with Gasteiger partial charge in [0.2, 0.25) is 11.1 Å². The van der Waals surface area contributed by atoms with Gasteiger partial charge >= 0.3 is 0 Å². The fourth-order valence-corrected chi connectivity index (χ4v) is 3.57. The molecular weight excluding hydrogens is 381 g/mol. The minimum Gasteiger partial charge on any atom is -0.497 e. The third-order valence-electron chi connectivity index (χ3n) is 4.07. The van der Waals surface area contributed by atoms with Crippen LogP contribution >= 0.6 is 11.8 Å². The Hall–Kier alpha value is -2.94. The first-order valence-electron chi connectivity index (χ1n) is 8.57. The zero-order valence-electron chi connectivity index (χ0n) is 15.7. The Kier molecular flexibility index (Phi) is 6.25. The maximum atomic E-state index is 13.3. The molecule has 1 amide bonds. The van der Waals surface area contributed by atoms with Crippen LogP contribution in [0.15, 0.2) is 53.7 Å². The number of aromatic nitrogens is 4. The second-order valence-electron chi connectivity index (χ2n) is 6.16. The van der Waals surface area contributed by atoms with Gasteiger partial charge in [-0.1, -0.05) is 23.9 Å². The predicted octanol–water partition coefficient (Wildman–Crippen LogP) is 2.95. The molecule has 0 aliphatic heterocycles. The van der Waals surface area contributed by atoms with E-state index in [0.717, 1.165) is 17.0 Å². The summed E-state index contributed by atoms with van der Waals surface area (Å²) in [5.41, 5.74) is 1.50. The number of carbonyl (C=O) groups is 1. The number of tetrazole rings is 1. The lowest BCUT2D eigenvalue weighted by Gasteiger charge is -2.21. The number of methoxy groups -OCH3 is 1. The number of rotatable bonds is 7. The van der Waals surface area contributed by atoms with Crippen molar-refractivity contribution in [2.45, 2.75) is 23.9 Å². The lowest BCUT2D eigenvalue weighted by atomic mass is 10.2. The van der Waals surface area contributed by atoms with Gasteiger partial charge in [0.25, 0.3) is 0 Å². The molecule has 0 fully saturated rings. The van der Waals surface area contributed by atoms with Gasteiger partial charge in [0, 0.05) is 13.6 Å². The normalized spacial score (nSPS) is 11.9. The molecule has 0 bridgehead atoms. The molecule has 1 aromatic heterocycles. The highest BCUT2D eigenvalue weighted by Gasteiger charge is 2.22. The van der Waals surface area contributed by atoms with E-state index >= 15 is 0 Å². The van der Waals surface area contributed by atoms with Crippen molar-refractivity contribution >= 4 is 17.7 Å². The predicted molar refractivity (Wildman–Crippen MR) is 104 cm³/mol. The lowest BCUT2D eigenvalue weighted by Crippen LogP contribution is -2.33. The number of halogens is 1. The van der Waals surface area contributed by atoms with Gasteiger partial charge in [-0.25, -0.2) is 4.39 Å². The van der Waals surface area contributed by atoms with Gasteiger partial charge in [-0.2, -0.15) is 4.68 Å². The van der Waals surface area contributed by atoms with Gasteiger partial charge in [-0.15, -0.1) is 5.10 Å². The Morgan fingerprint density at radius 2 is 2.04 bits per heavy atom. The number of benzene rings is 2. The fourth-order valence-electron chi connectivity index (χ4n) is 2.64. The van der Waals surface area contributed by atoms with Crippen molar-refractivity contribution in [1.29, 1.82) is 0 Å². The quantitative estimate of drug-likeness (QED) is 0.567. The highest BCUT2D eigenvalue weighted by Crippen LogP contribution is 2.25. The first-order chi connectivity index (χ1) is 13.5. The summed E-state index contributed by atoms with van der Waals surface area (Å²) in [4.78, 5) is 14.3. The second-order valence-corrected chi connectivity index (χ2v) is 7.46. The van der Waals surface area contributed by atoms with E-state index < -0.39 is 5.25 Å². The molecular formula is C19H20FN5O2S. The first-order valence-corrected chi connectivity index (χ1v) is 9.45. The number of thioether (sulfide) groups is 1. The molecule has 28 heavy (non-hydrogen) atoms. The minimum absolute atomic E-state index is 0.0986. The Labute approximate surface area is 166 Å². The molecule has 1 heterocycles. The van der Waals surface area contributed by atoms with Crippen molar-refractivity contribution < 1.29 is 13.9 Å². The Morgan fingerprint density at radius 3 is 2.71 bits per heavy atom. The van der Waals surface area contributed by atoms with E-state index in [2.05, 4.69) is 15.5 Å². The maximum Gasteiger partial charge on any atom is 0.235 e. The van der Waals surface area contributed by atoms with Crippen LogP contribution in [0.2, 0.25) is 0 Å². The van der Waals surface area contributed by atoms with Crippen LogP contribution in [0.3, 0.4) is 0 Å². The number of amides is 1. The molecule has 146 valence electrons. The van der Waals surface area contributed by atoms with Crippen LogP contribution in [0.25, 0.3) is 5.69 Å². The van der Waals surface area contributed by atoms with Crippen LogP contribution in [-0.4, -0.2) is 50.4 Å². The zero-order valence-corrected chi connectivity index (χ0v) is 16.6. The highest BCUT2D eigenvalue weighted by atomic mass is 32.2. The van der Waals surface area contributed by atoms with Crippen molar-refractivity contribution in [3.8, 4) is 11.4 Å². The largest absolute Gasteiger partial charge is 0.497 e. The van der Waals surface area contributed by atoms with E-state index in [0.29, 0.717) is 11.7 Å². The first kappa shape index (κ1) is 19.8. The molecule has 3 aromatic rings. The summed E-state index contributed by atoms with van der Waals surface area (Å²) in [6.07, 6.45) is 0. The van der Waals surface area contributed by atoms with Gasteiger partial charge in [0.15, 0.2) is 0 Å². The van der Waals surface area contributed by atoms with Gasteiger partial charge in [0.1, 0.15) is 11.6 Å². The van der Waals surface area contributed by atoms with Crippen LogP contribution < -0.4 is 4.74 Å². The molecule has 1 atom stereocenters. The molecule has 9 heteroatoms. The molecule has 0 aliphatic rings. The molecule has 0 saturated heterocycles. The summed E-state index contributed by atoms with van der Waals surface area (Å²) >= 11 is 1.26. The van der Waals surface area contributed by atoms with Crippen molar-refractivity contribution in [3.05, 3.63) is 59.9 Å². The minimum atomic E-state index is -0.415. The molecule has 0 radical (unpaired) electrons. The van der Waals surface area contributed by atoms with E-state index in [4.69, 9.17) is 4.74 Å². The summed E-state index contributed by atoms with van der Waals surface area (Å²) in [5.74, 6) is 0.312. The van der Waals surface area contributed by atoms with Gasteiger partial charge in [-0.05, 0) is 59.3 Å². The average Bonchev–Trinajstić information content (AvgIpc) is 3.15. The topological polar surface area (TPSA) is 73.1 Å². The van der Waals surface area contributed by atoms with Crippen LogP contribution in [0.5, 0.6) is 5.75 Å². The Bertz CT molecular complexity index is 948. The number of hydrogen-bond donors (Lipinski definition) is 0. The smallest absolute Gasteiger partial charge is 0.235 e. The summed E-state index contributed by atoms with van der Waals surface area (Å²) in [7, 11) is 3.29. The third kappa shape index (κ3) is 4.66. The second kappa shape index (κ2) is 8.83. The monoisotopic (exact) mass is 401 g/mol. The molecule has 7 nitrogen and oxygen atoms in total. The number of ether oxygens (including phenoxy) is 1. The summed E-state index contributed by atoms with van der Waals surface area (Å²) in [5, 5.41) is 11.8. The summed E-state index contributed by atoms with van der Waals surface area (Å²) < 4.78 is 20.1. The molecule has 0 saturated carbocycles. The average molecular weight is 401 g/mol. The standard InChI is InChI=1S/C19H20FN5O2S/c1-13(18(26)24(2)12-14-5-4-6-15(20)11-14)28-19-21-22-23-25(19)16-7-9-17(27-3)10-8-16/h4-11,13H,12H2,1-3H3/t13-/m1/s1. The van der Waals surface area contributed by atoms with Crippen LogP contribution in [0.1, 0.15) is 12.5 Å². The fraction of sp³-hybridized carbons (Fsp3) is 0.263. The summed E-state index contributed by atoms with van der Waals surface area (Å²) in [6, 6.07) is 13.5. The van der Waals surface area contributed by atoms with E-state index in [9.17, 15) is 9.18 Å². The van der Waals surface area contributed by atoms with Crippen molar-refractivity contribution in [2.75, 3.05) is 14.2 Å². The zero-order chi connectivity index (χ0) is 20.1. The molecule has 0 N–H and O–H groups in total. The van der Waals surface area contributed by atoms with E-state index in [1.165, 1.54) is 23.9 Å². The van der Waals surface area contributed by atoms with Crippen molar-refractivity contribution in [3.63, 3.8) is 0 Å². The molecule has 0 aliphatic carbocycles. The molecule has 2 aromatic carbocycles. The van der Waals surface area contributed by atoms with Crippen LogP contribution in [0.4, 0.5) is 4.39 Å². The maximum absolute atomic E-state index is 13.3. The van der Waals surface area contributed by atoms with Gasteiger partial charge in [-0.3, -0.25) is 4.79 Å². The van der Waals surface area contributed by atoms with Gasteiger partial charge in [0.05, 0.1) is 18.0 Å². The van der Waals surface area contributed by atoms with Crippen molar-refractivity contribution in [1.82, 2.24) is 25.1 Å². The van der Waals surface area contributed by atoms with E-state index in [1.807, 2.05) is 24.3 Å². The number of hydrogen-bond acceptors (Lipinski definition) is 6. The van der Waals surface area contributed by atoms with Crippen molar-refractivity contribution in [2.24, 2.45) is 0 Å². The van der Waals surface area contributed by atoms with Crippen LogP contribution in [-0.2, 0) is 11.3 Å². The number of nitrogens with zero attached hydrogens (tertiary/aromatic N) is 5. The molecule has 3 rings (SSSR count). The lowest BCUT2D eigenvalue weighted by molar-refractivity contribution is -0.129. The van der Waals surface area contributed by atoms with Gasteiger partial charge < -0.3 is 9.64 Å². The SMILES string of the molecule is COc1ccc(-n2nnnc2S[C@H](C)C(=O)N(C)Cc2cccc(F)c2)cc1. The number of carbonyl (C=O) groups excluding carboxylic acids is 1. The summed E-state index contributed by atoms with van der Waals surface area (Å²) in [6.45, 7) is 2.12. The van der Waals surface area contributed by atoms with E-state index in [-0.39, 0.29) is 11.7 Å². The Balaban J connectivity index is 1.68. The van der Waals surface area contributed by atoms with Crippen LogP contribution in [0, 0.1) is 5.82 Å². The highest BCUT2D eigenvalue weighted by molar-refractivity contribution is 8.00.